The van der Waals surface area contributed by atoms with Crippen molar-refractivity contribution in [2.45, 2.75) is 50.7 Å². The van der Waals surface area contributed by atoms with E-state index < -0.39 is 5.76 Å². The minimum atomic E-state index is -0.567. The van der Waals surface area contributed by atoms with E-state index in [0.29, 0.717) is 55.6 Å². The molecule has 210 valence electrons. The predicted molar refractivity (Wildman–Crippen MR) is 147 cm³/mol. The summed E-state index contributed by atoms with van der Waals surface area (Å²) in [4.78, 5) is 45.9. The molecule has 11 heteroatoms. The summed E-state index contributed by atoms with van der Waals surface area (Å²) in [7, 11) is 1.55. The average Bonchev–Trinajstić information content (AvgIpc) is 3.43. The summed E-state index contributed by atoms with van der Waals surface area (Å²) in [6.45, 7) is 2.50. The van der Waals surface area contributed by atoms with Crippen LogP contribution in [0, 0.1) is 0 Å². The first-order valence-corrected chi connectivity index (χ1v) is 13.8. The Balaban J connectivity index is 1.06. The topological polar surface area (TPSA) is 121 Å². The Hall–Kier alpha value is -4.28. The summed E-state index contributed by atoms with van der Waals surface area (Å²) in [6.07, 6.45) is 4.26. The highest BCUT2D eigenvalue weighted by Crippen LogP contribution is 2.34. The number of aromatic amines is 1. The van der Waals surface area contributed by atoms with Crippen molar-refractivity contribution in [1.82, 2.24) is 15.0 Å². The summed E-state index contributed by atoms with van der Waals surface area (Å²) in [6, 6.07) is 13.6. The molecule has 1 aromatic heterocycles. The number of para-hydroxylation sites is 1. The highest BCUT2D eigenvalue weighted by Gasteiger charge is 2.34. The molecule has 3 aliphatic rings. The molecule has 2 saturated heterocycles. The molecular formula is C29H33N5O6. The fourth-order valence-corrected chi connectivity index (χ4v) is 6.01. The van der Waals surface area contributed by atoms with Crippen LogP contribution in [0.2, 0.25) is 0 Å². The molecule has 0 spiro atoms. The third-order valence-corrected chi connectivity index (χ3v) is 8.12. The number of carbonyl (C=O) groups excluding carboxylic acids is 2. The zero-order valence-electron chi connectivity index (χ0n) is 22.5. The minimum Gasteiger partial charge on any atom is -0.496 e. The van der Waals surface area contributed by atoms with Gasteiger partial charge in [0.15, 0.2) is 0 Å². The summed E-state index contributed by atoms with van der Waals surface area (Å²) in [5, 5.41) is 3.75. The SMILES string of the molecule is COc1cc(OC2CCN(c3noc(=O)[nH]3)CC2)ccc1C(=O)N1CCC(N2C(=O)CCc3ccccc32)CC1. The van der Waals surface area contributed by atoms with E-state index in [2.05, 4.69) is 20.7 Å². The van der Waals surface area contributed by atoms with Gasteiger partial charge in [0, 0.05) is 63.2 Å². The van der Waals surface area contributed by atoms with E-state index in [4.69, 9.17) is 9.47 Å². The molecule has 3 aliphatic heterocycles. The van der Waals surface area contributed by atoms with Gasteiger partial charge in [-0.3, -0.25) is 19.1 Å². The molecule has 2 fully saturated rings. The number of aromatic nitrogens is 2. The van der Waals surface area contributed by atoms with Gasteiger partial charge in [-0.15, -0.1) is 0 Å². The maximum absolute atomic E-state index is 13.5. The number of aryl methyl sites for hydroxylation is 1. The van der Waals surface area contributed by atoms with Gasteiger partial charge < -0.3 is 24.2 Å². The van der Waals surface area contributed by atoms with Crippen LogP contribution in [-0.2, 0) is 11.2 Å². The van der Waals surface area contributed by atoms with Gasteiger partial charge in [0.2, 0.25) is 11.9 Å². The fraction of sp³-hybridized carbons (Fsp3) is 0.448. The fourth-order valence-electron chi connectivity index (χ4n) is 6.01. The van der Waals surface area contributed by atoms with Crippen LogP contribution >= 0.6 is 0 Å². The number of nitrogens with one attached hydrogen (secondary N) is 1. The smallest absolute Gasteiger partial charge is 0.440 e. The van der Waals surface area contributed by atoms with Gasteiger partial charge in [-0.2, -0.15) is 0 Å². The van der Waals surface area contributed by atoms with E-state index in [9.17, 15) is 14.4 Å². The quantitative estimate of drug-likeness (QED) is 0.500. The number of rotatable bonds is 6. The molecule has 6 rings (SSSR count). The second-order valence-corrected chi connectivity index (χ2v) is 10.5. The van der Waals surface area contributed by atoms with Crippen LogP contribution in [0.25, 0.3) is 0 Å². The van der Waals surface area contributed by atoms with Crippen molar-refractivity contribution in [3.63, 3.8) is 0 Å². The van der Waals surface area contributed by atoms with Crippen LogP contribution in [0.3, 0.4) is 0 Å². The molecule has 2 aromatic carbocycles. The highest BCUT2D eigenvalue weighted by molar-refractivity contribution is 5.98. The van der Waals surface area contributed by atoms with Crippen LogP contribution in [0.4, 0.5) is 11.6 Å². The first-order valence-electron chi connectivity index (χ1n) is 13.8. The number of methoxy groups -OCH3 is 1. The standard InChI is InChI=1S/C29H33N5O6/c1-38-25-18-22(39-21-12-16-33(17-13-21)28-30-29(37)40-31-28)7-8-23(25)27(36)32-14-10-20(11-15-32)34-24-5-3-2-4-19(24)6-9-26(34)35/h2-5,7-8,18,20-21H,6,9-17H2,1H3,(H,30,31,37). The molecule has 0 atom stereocenters. The number of carbonyl (C=O) groups is 2. The maximum atomic E-state index is 13.5. The molecule has 0 aliphatic carbocycles. The number of benzene rings is 2. The van der Waals surface area contributed by atoms with E-state index >= 15 is 0 Å². The van der Waals surface area contributed by atoms with Crippen molar-refractivity contribution < 1.29 is 23.6 Å². The van der Waals surface area contributed by atoms with Crippen LogP contribution in [0.15, 0.2) is 51.8 Å². The first kappa shape index (κ1) is 26.0. The van der Waals surface area contributed by atoms with Crippen molar-refractivity contribution in [2.75, 3.05) is 43.1 Å². The van der Waals surface area contributed by atoms with Gasteiger partial charge in [0.05, 0.1) is 12.7 Å². The Kier molecular flexibility index (Phi) is 7.19. The number of amides is 2. The summed E-state index contributed by atoms with van der Waals surface area (Å²) in [5.41, 5.74) is 2.72. The van der Waals surface area contributed by atoms with E-state index in [1.165, 1.54) is 5.56 Å². The van der Waals surface area contributed by atoms with Crippen LogP contribution < -0.4 is 25.0 Å². The van der Waals surface area contributed by atoms with Crippen molar-refractivity contribution >= 4 is 23.5 Å². The molecule has 0 radical (unpaired) electrons. The molecule has 2 amide bonds. The number of H-pyrrole nitrogens is 1. The number of likely N-dealkylation sites (tertiary alicyclic amines) is 1. The van der Waals surface area contributed by atoms with Crippen LogP contribution in [-0.4, -0.2) is 72.3 Å². The number of hydrogen-bond donors (Lipinski definition) is 1. The lowest BCUT2D eigenvalue weighted by Gasteiger charge is -2.41. The summed E-state index contributed by atoms with van der Waals surface area (Å²) < 4.78 is 16.4. The van der Waals surface area contributed by atoms with Crippen molar-refractivity contribution in [2.24, 2.45) is 0 Å². The number of fused-ring (bicyclic) bond motifs is 1. The molecule has 3 aromatic rings. The molecule has 4 heterocycles. The van der Waals surface area contributed by atoms with Gasteiger partial charge in [-0.25, -0.2) is 4.79 Å². The number of anilines is 2. The molecule has 0 unspecified atom stereocenters. The number of nitrogens with zero attached hydrogens (tertiary/aromatic N) is 4. The third kappa shape index (κ3) is 5.15. The lowest BCUT2D eigenvalue weighted by molar-refractivity contribution is -0.119. The highest BCUT2D eigenvalue weighted by atomic mass is 16.5. The van der Waals surface area contributed by atoms with Crippen LogP contribution in [0.1, 0.15) is 48.0 Å². The molecule has 1 N–H and O–H groups in total. The largest absolute Gasteiger partial charge is 0.496 e. The van der Waals surface area contributed by atoms with Crippen molar-refractivity contribution in [3.05, 3.63) is 64.1 Å². The van der Waals surface area contributed by atoms with Crippen molar-refractivity contribution in [1.29, 1.82) is 0 Å². The Bertz CT molecular complexity index is 1430. The zero-order valence-corrected chi connectivity index (χ0v) is 22.5. The lowest BCUT2D eigenvalue weighted by atomic mass is 9.95. The average molecular weight is 548 g/mol. The van der Waals surface area contributed by atoms with E-state index in [1.807, 2.05) is 39.0 Å². The molecule has 11 nitrogen and oxygen atoms in total. The van der Waals surface area contributed by atoms with Gasteiger partial charge >= 0.3 is 5.76 Å². The Morgan fingerprint density at radius 2 is 1.77 bits per heavy atom. The third-order valence-electron chi connectivity index (χ3n) is 8.12. The van der Waals surface area contributed by atoms with E-state index in [0.717, 1.165) is 37.8 Å². The minimum absolute atomic E-state index is 0.0113. The number of hydrogen-bond acceptors (Lipinski definition) is 8. The Labute approximate surface area is 231 Å². The van der Waals surface area contributed by atoms with Crippen LogP contribution in [0.5, 0.6) is 11.5 Å². The lowest BCUT2D eigenvalue weighted by Crippen LogP contribution is -2.50. The number of ether oxygens (including phenoxy) is 2. The van der Waals surface area contributed by atoms with Gasteiger partial charge in [0.25, 0.3) is 5.91 Å². The Morgan fingerprint density at radius 3 is 2.50 bits per heavy atom. The first-order chi connectivity index (χ1) is 19.5. The molecular weight excluding hydrogens is 514 g/mol. The second kappa shape index (κ2) is 11.1. The van der Waals surface area contributed by atoms with Gasteiger partial charge in [0.1, 0.15) is 17.6 Å². The normalized spacial score (nSPS) is 18.5. The second-order valence-electron chi connectivity index (χ2n) is 10.5. The monoisotopic (exact) mass is 547 g/mol. The number of piperidine rings is 2. The van der Waals surface area contributed by atoms with E-state index in [1.54, 1.807) is 19.2 Å². The predicted octanol–water partition coefficient (Wildman–Crippen LogP) is 3.00. The molecule has 0 bridgehead atoms. The van der Waals surface area contributed by atoms with Crippen molar-refractivity contribution in [3.8, 4) is 11.5 Å². The Morgan fingerprint density at radius 1 is 1.00 bits per heavy atom. The zero-order chi connectivity index (χ0) is 27.6. The van der Waals surface area contributed by atoms with Gasteiger partial charge in [-0.05, 0) is 48.2 Å². The maximum Gasteiger partial charge on any atom is 0.440 e. The molecule has 40 heavy (non-hydrogen) atoms. The van der Waals surface area contributed by atoms with Gasteiger partial charge in [-0.1, -0.05) is 18.2 Å². The molecule has 0 saturated carbocycles. The summed E-state index contributed by atoms with van der Waals surface area (Å²) in [5.74, 6) is 1.07. The summed E-state index contributed by atoms with van der Waals surface area (Å²) >= 11 is 0. The van der Waals surface area contributed by atoms with E-state index in [-0.39, 0.29) is 24.0 Å².